The van der Waals surface area contributed by atoms with Gasteiger partial charge in [0.05, 0.1) is 6.61 Å². The summed E-state index contributed by atoms with van der Waals surface area (Å²) in [5.74, 6) is -0.174. The minimum atomic E-state index is -0.538. The second-order valence-corrected chi connectivity index (χ2v) is 7.55. The average Bonchev–Trinajstić information content (AvgIpc) is 2.77. The van der Waals surface area contributed by atoms with Crippen molar-refractivity contribution < 1.29 is 9.53 Å². The second kappa shape index (κ2) is 7.32. The van der Waals surface area contributed by atoms with Crippen LogP contribution in [0.4, 0.5) is 0 Å². The first kappa shape index (κ1) is 18.2. The number of hydrogen-bond acceptors (Lipinski definition) is 2. The highest BCUT2D eigenvalue weighted by molar-refractivity contribution is 5.93. The van der Waals surface area contributed by atoms with Crippen LogP contribution >= 0.6 is 0 Å². The van der Waals surface area contributed by atoms with Crippen LogP contribution in [-0.2, 0) is 22.6 Å². The first-order chi connectivity index (χ1) is 12.4. The molecule has 0 aliphatic carbocycles. The molecule has 136 valence electrons. The molecule has 1 aliphatic rings. The van der Waals surface area contributed by atoms with E-state index in [-0.39, 0.29) is 5.91 Å². The number of fused-ring (bicyclic) bond motifs is 3. The fraction of sp³-hybridized carbons (Fsp3) is 0.364. The molecule has 0 saturated carbocycles. The quantitative estimate of drug-likeness (QED) is 0.556. The van der Waals surface area contributed by atoms with Gasteiger partial charge < -0.3 is 9.64 Å². The lowest BCUT2D eigenvalue weighted by Crippen LogP contribution is -2.33. The zero-order valence-corrected chi connectivity index (χ0v) is 16.0. The molecular weight excluding hydrogens is 324 g/mol. The number of amides is 1. The number of benzene rings is 2. The third-order valence-electron chi connectivity index (χ3n) is 4.43. The Kier molecular flexibility index (Phi) is 5.12. The van der Waals surface area contributed by atoms with Crippen LogP contribution in [0.1, 0.15) is 38.8 Å². The standard InChI is InChI=1S/C22H26N2O2/c1-5-26-21(23-20(25)22(2,3)4)24-14-16-10-6-8-12-18(16)19-13-9-7-11-17(19)15-24/h6-13H,5,14-15H2,1-4H3/b23-21-. The number of carbonyl (C=O) groups excluding carboxylic acids is 1. The molecule has 0 atom stereocenters. The molecule has 0 saturated heterocycles. The van der Waals surface area contributed by atoms with Gasteiger partial charge in [0.1, 0.15) is 0 Å². The van der Waals surface area contributed by atoms with Crippen LogP contribution in [0, 0.1) is 5.41 Å². The maximum atomic E-state index is 12.5. The van der Waals surface area contributed by atoms with E-state index in [1.807, 2.05) is 39.8 Å². The highest BCUT2D eigenvalue weighted by Crippen LogP contribution is 2.32. The molecule has 1 aliphatic heterocycles. The topological polar surface area (TPSA) is 41.9 Å². The third kappa shape index (κ3) is 3.79. The van der Waals surface area contributed by atoms with E-state index in [2.05, 4.69) is 46.3 Å². The molecule has 1 heterocycles. The van der Waals surface area contributed by atoms with Crippen molar-refractivity contribution >= 4 is 11.9 Å². The fourth-order valence-corrected chi connectivity index (χ4v) is 3.02. The Labute approximate surface area is 155 Å². The average molecular weight is 350 g/mol. The molecule has 0 bridgehead atoms. The molecular formula is C22H26N2O2. The number of aliphatic imine (C=N–C) groups is 1. The molecule has 0 fully saturated rings. The molecule has 26 heavy (non-hydrogen) atoms. The summed E-state index contributed by atoms with van der Waals surface area (Å²) in [6.45, 7) is 9.30. The Morgan fingerprint density at radius 2 is 1.50 bits per heavy atom. The molecule has 2 aromatic rings. The summed E-state index contributed by atoms with van der Waals surface area (Å²) in [6.07, 6.45) is 0. The van der Waals surface area contributed by atoms with Gasteiger partial charge in [-0.3, -0.25) is 4.79 Å². The monoisotopic (exact) mass is 350 g/mol. The van der Waals surface area contributed by atoms with Gasteiger partial charge in [-0.25, -0.2) is 0 Å². The Hall–Kier alpha value is -2.62. The fourth-order valence-electron chi connectivity index (χ4n) is 3.02. The molecule has 4 nitrogen and oxygen atoms in total. The highest BCUT2D eigenvalue weighted by Gasteiger charge is 2.26. The maximum Gasteiger partial charge on any atom is 0.295 e. The van der Waals surface area contributed by atoms with Crippen molar-refractivity contribution in [3.05, 3.63) is 59.7 Å². The van der Waals surface area contributed by atoms with Gasteiger partial charge in [-0.05, 0) is 29.2 Å². The smallest absolute Gasteiger partial charge is 0.295 e. The van der Waals surface area contributed by atoms with Gasteiger partial charge in [0, 0.05) is 18.5 Å². The number of rotatable bonds is 1. The first-order valence-corrected chi connectivity index (χ1v) is 9.07. The van der Waals surface area contributed by atoms with E-state index in [0.717, 1.165) is 0 Å². The minimum Gasteiger partial charge on any atom is -0.465 e. The van der Waals surface area contributed by atoms with Crippen molar-refractivity contribution in [2.24, 2.45) is 10.4 Å². The number of ether oxygens (including phenoxy) is 1. The van der Waals surface area contributed by atoms with Crippen LogP contribution in [0.3, 0.4) is 0 Å². The van der Waals surface area contributed by atoms with Crippen LogP contribution in [0.5, 0.6) is 0 Å². The van der Waals surface area contributed by atoms with Gasteiger partial charge in [-0.15, -0.1) is 0 Å². The lowest BCUT2D eigenvalue weighted by molar-refractivity contribution is -0.125. The summed E-state index contributed by atoms with van der Waals surface area (Å²) in [5.41, 5.74) is 4.32. The highest BCUT2D eigenvalue weighted by atomic mass is 16.5. The Morgan fingerprint density at radius 3 is 1.96 bits per heavy atom. The van der Waals surface area contributed by atoms with E-state index in [9.17, 15) is 4.79 Å². The van der Waals surface area contributed by atoms with Gasteiger partial charge in [0.25, 0.3) is 11.9 Å². The van der Waals surface area contributed by atoms with E-state index in [4.69, 9.17) is 4.74 Å². The van der Waals surface area contributed by atoms with Gasteiger partial charge >= 0.3 is 0 Å². The van der Waals surface area contributed by atoms with Crippen LogP contribution in [0.15, 0.2) is 53.5 Å². The predicted octanol–water partition coefficient (Wildman–Crippen LogP) is 4.63. The van der Waals surface area contributed by atoms with E-state index in [0.29, 0.717) is 25.7 Å². The van der Waals surface area contributed by atoms with Crippen LogP contribution in [-0.4, -0.2) is 23.4 Å². The SMILES string of the molecule is CCO/C(=N\C(=O)C(C)(C)C)N1Cc2ccccc2-c2ccccc2C1. The van der Waals surface area contributed by atoms with E-state index in [1.54, 1.807) is 0 Å². The van der Waals surface area contributed by atoms with E-state index < -0.39 is 5.41 Å². The minimum absolute atomic E-state index is 0.174. The van der Waals surface area contributed by atoms with Crippen molar-refractivity contribution in [2.75, 3.05) is 6.61 Å². The van der Waals surface area contributed by atoms with Crippen molar-refractivity contribution in [2.45, 2.75) is 40.8 Å². The summed E-state index contributed by atoms with van der Waals surface area (Å²) in [4.78, 5) is 18.9. The Morgan fingerprint density at radius 1 is 1.00 bits per heavy atom. The maximum absolute atomic E-state index is 12.5. The Bertz CT molecular complexity index is 787. The van der Waals surface area contributed by atoms with Crippen molar-refractivity contribution in [1.82, 2.24) is 4.90 Å². The van der Waals surface area contributed by atoms with Gasteiger partial charge in [-0.2, -0.15) is 4.99 Å². The van der Waals surface area contributed by atoms with Gasteiger partial charge in [0.15, 0.2) is 0 Å². The van der Waals surface area contributed by atoms with Crippen LogP contribution in [0.2, 0.25) is 0 Å². The molecule has 3 rings (SSSR count). The molecule has 0 unspecified atom stereocenters. The van der Waals surface area contributed by atoms with Crippen molar-refractivity contribution in [1.29, 1.82) is 0 Å². The Balaban J connectivity index is 2.05. The summed E-state index contributed by atoms with van der Waals surface area (Å²) in [7, 11) is 0. The summed E-state index contributed by atoms with van der Waals surface area (Å²) in [6, 6.07) is 17.2. The summed E-state index contributed by atoms with van der Waals surface area (Å²) < 4.78 is 5.79. The molecule has 1 amide bonds. The molecule has 4 heteroatoms. The molecule has 0 N–H and O–H groups in total. The first-order valence-electron chi connectivity index (χ1n) is 9.07. The van der Waals surface area contributed by atoms with Crippen LogP contribution < -0.4 is 0 Å². The van der Waals surface area contributed by atoms with Crippen molar-refractivity contribution in [3.8, 4) is 11.1 Å². The number of hydrogen-bond donors (Lipinski definition) is 0. The lowest BCUT2D eigenvalue weighted by atomic mass is 9.96. The van der Waals surface area contributed by atoms with Gasteiger partial charge in [-0.1, -0.05) is 69.3 Å². The zero-order valence-electron chi connectivity index (χ0n) is 16.0. The number of amidine groups is 1. The van der Waals surface area contributed by atoms with Gasteiger partial charge in [0.2, 0.25) is 0 Å². The summed E-state index contributed by atoms with van der Waals surface area (Å²) >= 11 is 0. The molecule has 0 radical (unpaired) electrons. The van der Waals surface area contributed by atoms with E-state index >= 15 is 0 Å². The summed E-state index contributed by atoms with van der Waals surface area (Å²) in [5, 5.41) is 0. The third-order valence-corrected chi connectivity index (χ3v) is 4.43. The molecule has 0 spiro atoms. The largest absolute Gasteiger partial charge is 0.465 e. The molecule has 2 aromatic carbocycles. The number of nitrogens with zero attached hydrogens (tertiary/aromatic N) is 2. The normalized spacial score (nSPS) is 14.3. The number of carbonyl (C=O) groups is 1. The van der Waals surface area contributed by atoms with E-state index in [1.165, 1.54) is 22.3 Å². The lowest BCUT2D eigenvalue weighted by Gasteiger charge is -2.25. The molecule has 0 aromatic heterocycles. The van der Waals surface area contributed by atoms with Crippen LogP contribution in [0.25, 0.3) is 11.1 Å². The second-order valence-electron chi connectivity index (χ2n) is 7.55. The predicted molar refractivity (Wildman–Crippen MR) is 105 cm³/mol. The van der Waals surface area contributed by atoms with Crippen molar-refractivity contribution in [3.63, 3.8) is 0 Å². The zero-order chi connectivity index (χ0) is 18.7.